The van der Waals surface area contributed by atoms with Crippen LogP contribution in [0.4, 0.5) is 23.1 Å². The molecule has 4 bridgehead atoms. The molecule has 0 radical (unpaired) electrons. The number of allylic oxidation sites excluding steroid dienone is 3. The van der Waals surface area contributed by atoms with Gasteiger partial charge in [-0.15, -0.1) is 0 Å². The number of aromatic nitrogens is 2. The zero-order chi connectivity index (χ0) is 30.0. The van der Waals surface area contributed by atoms with Gasteiger partial charge in [0.1, 0.15) is 5.82 Å². The first-order chi connectivity index (χ1) is 20.0. The first-order valence-corrected chi connectivity index (χ1v) is 15.6. The number of fused-ring (bicyclic) bond motifs is 4. The highest BCUT2D eigenvalue weighted by atomic mass is 32.2. The van der Waals surface area contributed by atoms with Crippen molar-refractivity contribution in [2.75, 3.05) is 35.3 Å². The average molecular weight is 576 g/mol. The number of anilines is 4. The molecule has 9 heteroatoms. The van der Waals surface area contributed by atoms with Crippen molar-refractivity contribution < 1.29 is 4.79 Å². The first-order valence-electron chi connectivity index (χ1n) is 14.2. The van der Waals surface area contributed by atoms with Crippen LogP contribution >= 0.6 is 0 Å². The third-order valence-electron chi connectivity index (χ3n) is 6.21. The van der Waals surface area contributed by atoms with E-state index in [2.05, 4.69) is 57.4 Å². The van der Waals surface area contributed by atoms with Gasteiger partial charge in [0.15, 0.2) is 0 Å². The third kappa shape index (κ3) is 10.8. The van der Waals surface area contributed by atoms with Crippen LogP contribution in [0, 0.1) is 4.78 Å². The molecule has 1 aliphatic heterocycles. The molecule has 41 heavy (non-hydrogen) atoms. The van der Waals surface area contributed by atoms with Crippen LogP contribution < -0.4 is 21.3 Å². The topological polar surface area (TPSA) is 115 Å². The summed E-state index contributed by atoms with van der Waals surface area (Å²) >= 11 is 0. The SMILES string of the molecule is C/C=C(\C=C(\C)CC)NC=O.CC.CNc1ccc(-c2cnc3nc2NCCCCS(=N)c2cccc(c2)N3)cc1. The molecule has 1 amide bonds. The summed E-state index contributed by atoms with van der Waals surface area (Å²) < 4.78 is 8.42. The second-order valence-corrected chi connectivity index (χ2v) is 10.7. The fourth-order valence-electron chi connectivity index (χ4n) is 3.80. The normalized spacial score (nSPS) is 14.9. The fourth-order valence-corrected chi connectivity index (χ4v) is 5.04. The Morgan fingerprint density at radius 1 is 1.15 bits per heavy atom. The van der Waals surface area contributed by atoms with Crippen LogP contribution in [0.5, 0.6) is 0 Å². The van der Waals surface area contributed by atoms with Gasteiger partial charge in [-0.3, -0.25) is 9.57 Å². The molecule has 1 aromatic heterocycles. The lowest BCUT2D eigenvalue weighted by molar-refractivity contribution is -0.108. The van der Waals surface area contributed by atoms with E-state index < -0.39 is 10.7 Å². The van der Waals surface area contributed by atoms with Crippen molar-refractivity contribution >= 4 is 40.2 Å². The van der Waals surface area contributed by atoms with Gasteiger partial charge in [0.05, 0.1) is 0 Å². The second kappa shape index (κ2) is 18.4. The lowest BCUT2D eigenvalue weighted by atomic mass is 10.1. The van der Waals surface area contributed by atoms with Gasteiger partial charge in [-0.1, -0.05) is 61.3 Å². The molecule has 2 aromatic carbocycles. The van der Waals surface area contributed by atoms with Crippen LogP contribution in [0.15, 0.2) is 83.0 Å². The van der Waals surface area contributed by atoms with Gasteiger partial charge in [0.25, 0.3) is 0 Å². The molecule has 0 spiro atoms. The average Bonchev–Trinajstić information content (AvgIpc) is 3.02. The lowest BCUT2D eigenvalue weighted by Crippen LogP contribution is -2.08. The fraction of sp³-hybridized carbons (Fsp3) is 0.344. The Kier molecular flexibility index (Phi) is 14.9. The number of hydrogen-bond donors (Lipinski definition) is 5. The van der Waals surface area contributed by atoms with Gasteiger partial charge in [-0.05, 0) is 75.1 Å². The van der Waals surface area contributed by atoms with Gasteiger partial charge in [0, 0.05) is 53.1 Å². The number of nitrogens with one attached hydrogen (secondary N) is 5. The predicted molar refractivity (Wildman–Crippen MR) is 176 cm³/mol. The minimum Gasteiger partial charge on any atom is -0.388 e. The van der Waals surface area contributed by atoms with Crippen LogP contribution in [0.3, 0.4) is 0 Å². The number of carbonyl (C=O) groups is 1. The summed E-state index contributed by atoms with van der Waals surface area (Å²) in [6, 6.07) is 16.3. The van der Waals surface area contributed by atoms with Gasteiger partial charge in [0.2, 0.25) is 12.4 Å². The van der Waals surface area contributed by atoms with Crippen molar-refractivity contribution in [3.8, 4) is 11.1 Å². The number of rotatable bonds is 6. The van der Waals surface area contributed by atoms with Crippen LogP contribution in [-0.4, -0.2) is 35.7 Å². The molecule has 4 rings (SSSR count). The predicted octanol–water partition coefficient (Wildman–Crippen LogP) is 7.89. The lowest BCUT2D eigenvalue weighted by Gasteiger charge is -2.13. The van der Waals surface area contributed by atoms with Crippen LogP contribution in [0.25, 0.3) is 11.1 Å². The van der Waals surface area contributed by atoms with Crippen LogP contribution in [-0.2, 0) is 15.5 Å². The zero-order valence-corrected chi connectivity index (χ0v) is 26.0. The van der Waals surface area contributed by atoms with E-state index in [4.69, 9.17) is 9.76 Å². The summed E-state index contributed by atoms with van der Waals surface area (Å²) in [5.74, 6) is 2.27. The maximum Gasteiger partial charge on any atom is 0.229 e. The van der Waals surface area contributed by atoms with Gasteiger partial charge >= 0.3 is 0 Å². The Balaban J connectivity index is 0.000000384. The Labute approximate surface area is 248 Å². The number of nitrogens with zero attached hydrogens (tertiary/aromatic N) is 2. The molecule has 8 nitrogen and oxygen atoms in total. The van der Waals surface area contributed by atoms with E-state index in [-0.39, 0.29) is 0 Å². The summed E-state index contributed by atoms with van der Waals surface area (Å²) in [5.41, 5.74) is 6.16. The molecule has 2 heterocycles. The van der Waals surface area contributed by atoms with Crippen molar-refractivity contribution in [2.24, 2.45) is 0 Å². The molecule has 1 unspecified atom stereocenters. The Hall–Kier alpha value is -3.98. The smallest absolute Gasteiger partial charge is 0.229 e. The maximum absolute atomic E-state index is 10.1. The first kappa shape index (κ1) is 33.2. The molecular weight excluding hydrogens is 530 g/mol. The van der Waals surface area contributed by atoms with Crippen LogP contribution in [0.2, 0.25) is 0 Å². The summed E-state index contributed by atoms with van der Waals surface area (Å²) in [6.45, 7) is 10.8. The standard InChI is InChI=1S/C21H24N6S.C9H15NO.C2H6/c1-23-16-9-7-15(8-10-16)19-14-25-21-26-17-5-4-6-18(13-17)28(22)12-3-2-11-24-20(19)27-21;1-4-8(3)6-9(5-2)10-7-11;1-2/h4-10,13-14,22-23H,2-3,11-12H2,1H3,(H2,24,25,26,27);5-7H,4H2,1-3H3,(H,10,11);1-2H3/b;8-6-,9-5+;. The highest BCUT2D eigenvalue weighted by Gasteiger charge is 2.11. The molecule has 3 aromatic rings. The molecule has 0 fully saturated rings. The van der Waals surface area contributed by atoms with Crippen molar-refractivity contribution in [3.05, 3.63) is 78.1 Å². The van der Waals surface area contributed by atoms with Gasteiger partial charge in [-0.2, -0.15) is 4.98 Å². The van der Waals surface area contributed by atoms with Crippen molar-refractivity contribution in [1.29, 1.82) is 4.78 Å². The molecule has 1 atom stereocenters. The molecule has 5 N–H and O–H groups in total. The van der Waals surface area contributed by atoms with Crippen molar-refractivity contribution in [1.82, 2.24) is 15.3 Å². The van der Waals surface area contributed by atoms with Gasteiger partial charge < -0.3 is 21.3 Å². The van der Waals surface area contributed by atoms with Gasteiger partial charge in [-0.25, -0.2) is 4.98 Å². The quantitative estimate of drug-likeness (QED) is 0.151. The summed E-state index contributed by atoms with van der Waals surface area (Å²) in [4.78, 5) is 20.4. The molecular formula is C32H45N7OS. The Bertz CT molecular complexity index is 1320. The summed E-state index contributed by atoms with van der Waals surface area (Å²) in [6.07, 6.45) is 9.42. The van der Waals surface area contributed by atoms with E-state index in [9.17, 15) is 4.79 Å². The molecule has 0 saturated heterocycles. The minimum absolute atomic E-state index is 0.491. The van der Waals surface area contributed by atoms with Crippen molar-refractivity contribution in [3.63, 3.8) is 0 Å². The van der Waals surface area contributed by atoms with E-state index in [1.54, 1.807) is 0 Å². The van der Waals surface area contributed by atoms with E-state index in [0.717, 1.165) is 70.5 Å². The van der Waals surface area contributed by atoms with Crippen LogP contribution in [0.1, 0.15) is 53.9 Å². The number of carbonyl (C=O) groups excluding carboxylic acids is 1. The highest BCUT2D eigenvalue weighted by Crippen LogP contribution is 2.29. The largest absolute Gasteiger partial charge is 0.388 e. The maximum atomic E-state index is 10.1. The monoisotopic (exact) mass is 575 g/mol. The minimum atomic E-state index is -0.491. The summed E-state index contributed by atoms with van der Waals surface area (Å²) in [7, 11) is 1.42. The third-order valence-corrected chi connectivity index (χ3v) is 7.73. The number of amides is 1. The molecule has 0 saturated carbocycles. The number of hydrogen-bond acceptors (Lipinski definition) is 7. The zero-order valence-electron chi connectivity index (χ0n) is 25.2. The van der Waals surface area contributed by atoms with E-state index in [1.165, 1.54) is 5.57 Å². The summed E-state index contributed by atoms with van der Waals surface area (Å²) in [5, 5.41) is 12.5. The Morgan fingerprint density at radius 3 is 2.56 bits per heavy atom. The van der Waals surface area contributed by atoms with Crippen molar-refractivity contribution in [2.45, 2.75) is 58.8 Å². The Morgan fingerprint density at radius 2 is 1.90 bits per heavy atom. The number of benzene rings is 2. The molecule has 0 aliphatic carbocycles. The molecule has 220 valence electrons. The van der Waals surface area contributed by atoms with E-state index >= 15 is 0 Å². The van der Waals surface area contributed by atoms with E-state index in [1.807, 2.05) is 77.4 Å². The van der Waals surface area contributed by atoms with E-state index in [0.29, 0.717) is 12.4 Å². The second-order valence-electron chi connectivity index (χ2n) is 9.02. The molecule has 1 aliphatic rings. The highest BCUT2D eigenvalue weighted by molar-refractivity contribution is 7.86.